The fourth-order valence-electron chi connectivity index (χ4n) is 2.80. The first kappa shape index (κ1) is 16.6. The Bertz CT molecular complexity index is 1080. The van der Waals surface area contributed by atoms with Gasteiger partial charge in [-0.15, -0.1) is 5.10 Å². The average Bonchev–Trinajstić information content (AvgIpc) is 3.13. The summed E-state index contributed by atoms with van der Waals surface area (Å²) in [5.41, 5.74) is 1.71. The van der Waals surface area contributed by atoms with Crippen LogP contribution >= 0.6 is 0 Å². The van der Waals surface area contributed by atoms with Gasteiger partial charge >= 0.3 is 0 Å². The van der Waals surface area contributed by atoms with E-state index in [1.807, 2.05) is 6.07 Å². The van der Waals surface area contributed by atoms with Gasteiger partial charge in [0.15, 0.2) is 11.5 Å². The van der Waals surface area contributed by atoms with Gasteiger partial charge in [0.05, 0.1) is 11.8 Å². The smallest absolute Gasteiger partial charge is 0.266 e. The van der Waals surface area contributed by atoms with E-state index in [4.69, 9.17) is 4.52 Å². The molecule has 0 amide bonds. The van der Waals surface area contributed by atoms with Crippen LogP contribution in [0.15, 0.2) is 40.1 Å². The molecular weight excluding hydrogens is 356 g/mol. The second-order valence-electron chi connectivity index (χ2n) is 6.38. The van der Waals surface area contributed by atoms with Crippen LogP contribution in [0.3, 0.4) is 0 Å². The van der Waals surface area contributed by atoms with Crippen molar-refractivity contribution in [1.29, 1.82) is 0 Å². The summed E-state index contributed by atoms with van der Waals surface area (Å²) in [5.74, 6) is 1.13. The normalized spacial score (nSPS) is 14.5. The molecule has 9 heteroatoms. The van der Waals surface area contributed by atoms with Crippen LogP contribution in [0.25, 0.3) is 0 Å². The molecule has 1 aliphatic rings. The van der Waals surface area contributed by atoms with Crippen molar-refractivity contribution in [2.24, 2.45) is 0 Å². The number of rotatable bonds is 6. The van der Waals surface area contributed by atoms with Crippen molar-refractivity contribution in [2.75, 3.05) is 6.26 Å². The number of benzene rings is 1. The SMILES string of the molecule is CS(=O)(=O)c1n[nH]c(Cc2ccccc2C(=O)c2cnoc2C2CC2)n1. The molecule has 0 atom stereocenters. The lowest BCUT2D eigenvalue weighted by Gasteiger charge is -2.07. The Balaban J connectivity index is 1.65. The highest BCUT2D eigenvalue weighted by Gasteiger charge is 2.33. The van der Waals surface area contributed by atoms with Crippen molar-refractivity contribution in [3.8, 4) is 0 Å². The maximum Gasteiger partial charge on any atom is 0.266 e. The van der Waals surface area contributed by atoms with E-state index in [2.05, 4.69) is 20.3 Å². The summed E-state index contributed by atoms with van der Waals surface area (Å²) in [7, 11) is -3.49. The van der Waals surface area contributed by atoms with Gasteiger partial charge in [-0.1, -0.05) is 29.4 Å². The highest BCUT2D eigenvalue weighted by Crippen LogP contribution is 2.42. The monoisotopic (exact) mass is 372 g/mol. The van der Waals surface area contributed by atoms with Gasteiger partial charge in [-0.3, -0.25) is 9.89 Å². The molecule has 4 rings (SSSR count). The average molecular weight is 372 g/mol. The number of carbonyl (C=O) groups excluding carboxylic acids is 1. The fraction of sp³-hybridized carbons (Fsp3) is 0.294. The van der Waals surface area contributed by atoms with Gasteiger partial charge in [-0.2, -0.15) is 0 Å². The van der Waals surface area contributed by atoms with E-state index in [-0.39, 0.29) is 23.3 Å². The zero-order valence-corrected chi connectivity index (χ0v) is 14.8. The van der Waals surface area contributed by atoms with Crippen molar-refractivity contribution < 1.29 is 17.7 Å². The van der Waals surface area contributed by atoms with E-state index in [1.165, 1.54) is 6.20 Å². The summed E-state index contributed by atoms with van der Waals surface area (Å²) in [6.07, 6.45) is 4.77. The minimum Gasteiger partial charge on any atom is -0.360 e. The summed E-state index contributed by atoms with van der Waals surface area (Å²) in [4.78, 5) is 17.0. The number of aromatic amines is 1. The molecule has 0 spiro atoms. The summed E-state index contributed by atoms with van der Waals surface area (Å²) < 4.78 is 28.3. The number of ketones is 1. The summed E-state index contributed by atoms with van der Waals surface area (Å²) in [6, 6.07) is 7.13. The lowest BCUT2D eigenvalue weighted by atomic mass is 9.96. The first-order chi connectivity index (χ1) is 12.4. The van der Waals surface area contributed by atoms with Crippen LogP contribution in [-0.4, -0.2) is 40.8 Å². The molecule has 26 heavy (non-hydrogen) atoms. The number of carbonyl (C=O) groups is 1. The lowest BCUT2D eigenvalue weighted by molar-refractivity contribution is 0.103. The van der Waals surface area contributed by atoms with Crippen LogP contribution < -0.4 is 0 Å². The largest absolute Gasteiger partial charge is 0.360 e. The number of H-pyrrole nitrogens is 1. The zero-order valence-electron chi connectivity index (χ0n) is 14.0. The molecular formula is C17H16N4O4S. The Morgan fingerprint density at radius 1 is 1.27 bits per heavy atom. The van der Waals surface area contributed by atoms with Crippen LogP contribution in [0.1, 0.15) is 51.8 Å². The van der Waals surface area contributed by atoms with Crippen molar-refractivity contribution >= 4 is 15.6 Å². The second-order valence-corrected chi connectivity index (χ2v) is 8.29. The van der Waals surface area contributed by atoms with E-state index in [0.29, 0.717) is 22.7 Å². The van der Waals surface area contributed by atoms with Gasteiger partial charge in [-0.05, 0) is 18.4 Å². The molecule has 1 fully saturated rings. The maximum atomic E-state index is 13.0. The first-order valence-corrected chi connectivity index (χ1v) is 10.0. The van der Waals surface area contributed by atoms with Gasteiger partial charge in [0.25, 0.3) is 5.16 Å². The third-order valence-electron chi connectivity index (χ3n) is 4.25. The number of sulfone groups is 1. The lowest BCUT2D eigenvalue weighted by Crippen LogP contribution is -2.07. The topological polar surface area (TPSA) is 119 Å². The molecule has 1 N–H and O–H groups in total. The molecule has 1 saturated carbocycles. The van der Waals surface area contributed by atoms with Gasteiger partial charge < -0.3 is 4.52 Å². The van der Waals surface area contributed by atoms with Crippen molar-refractivity contribution in [2.45, 2.75) is 30.3 Å². The van der Waals surface area contributed by atoms with Crippen molar-refractivity contribution in [3.05, 3.63) is 58.7 Å². The minimum atomic E-state index is -3.49. The van der Waals surface area contributed by atoms with Gasteiger partial charge in [0.1, 0.15) is 5.82 Å². The zero-order chi connectivity index (χ0) is 18.3. The molecule has 2 aromatic heterocycles. The molecule has 1 aliphatic carbocycles. The third-order valence-corrected chi connectivity index (χ3v) is 5.10. The fourth-order valence-corrected chi connectivity index (χ4v) is 3.29. The predicted octanol–water partition coefficient (Wildman–Crippen LogP) is 1.90. The number of hydrogen-bond acceptors (Lipinski definition) is 7. The molecule has 2 heterocycles. The van der Waals surface area contributed by atoms with Gasteiger partial charge in [-0.25, -0.2) is 13.4 Å². The van der Waals surface area contributed by atoms with Crippen molar-refractivity contribution in [1.82, 2.24) is 20.3 Å². The van der Waals surface area contributed by atoms with Gasteiger partial charge in [0.2, 0.25) is 9.84 Å². The Labute approximate surface area is 149 Å². The second kappa shape index (κ2) is 6.17. The molecule has 0 radical (unpaired) electrons. The summed E-state index contributed by atoms with van der Waals surface area (Å²) >= 11 is 0. The first-order valence-electron chi connectivity index (χ1n) is 8.12. The Morgan fingerprint density at radius 2 is 2.04 bits per heavy atom. The van der Waals surface area contributed by atoms with Gasteiger partial charge in [0, 0.05) is 24.2 Å². The van der Waals surface area contributed by atoms with E-state index >= 15 is 0 Å². The van der Waals surface area contributed by atoms with E-state index in [0.717, 1.165) is 24.7 Å². The predicted molar refractivity (Wildman–Crippen MR) is 90.7 cm³/mol. The molecule has 0 aliphatic heterocycles. The highest BCUT2D eigenvalue weighted by atomic mass is 32.2. The maximum absolute atomic E-state index is 13.0. The van der Waals surface area contributed by atoms with Crippen LogP contribution in [0.4, 0.5) is 0 Å². The van der Waals surface area contributed by atoms with E-state index in [9.17, 15) is 13.2 Å². The number of aromatic nitrogens is 4. The number of hydrogen-bond donors (Lipinski definition) is 1. The highest BCUT2D eigenvalue weighted by molar-refractivity contribution is 7.90. The van der Waals surface area contributed by atoms with Crippen LogP contribution in [0.5, 0.6) is 0 Å². The Kier molecular flexibility index (Phi) is 3.95. The van der Waals surface area contributed by atoms with Crippen LogP contribution in [-0.2, 0) is 16.3 Å². The Morgan fingerprint density at radius 3 is 2.73 bits per heavy atom. The van der Waals surface area contributed by atoms with Crippen LogP contribution in [0.2, 0.25) is 0 Å². The molecule has 3 aromatic rings. The molecule has 1 aromatic carbocycles. The molecule has 134 valence electrons. The Hall–Kier alpha value is -2.81. The minimum absolute atomic E-state index is 0.161. The van der Waals surface area contributed by atoms with Crippen LogP contribution in [0, 0.1) is 0 Å². The molecule has 0 bridgehead atoms. The summed E-state index contributed by atoms with van der Waals surface area (Å²) in [6.45, 7) is 0. The molecule has 0 unspecified atom stereocenters. The van der Waals surface area contributed by atoms with E-state index in [1.54, 1.807) is 18.2 Å². The summed E-state index contributed by atoms with van der Waals surface area (Å²) in [5, 5.41) is 9.86. The molecule has 8 nitrogen and oxygen atoms in total. The number of nitrogens with zero attached hydrogens (tertiary/aromatic N) is 3. The molecule has 0 saturated heterocycles. The van der Waals surface area contributed by atoms with Crippen molar-refractivity contribution in [3.63, 3.8) is 0 Å². The number of nitrogens with one attached hydrogen (secondary N) is 1. The standard InChI is InChI=1S/C17H16N4O4S/c1-26(23,24)17-19-14(20-21-17)8-11-4-2-3-5-12(11)15(22)13-9-18-25-16(13)10-6-7-10/h2-5,9-10H,6-8H2,1H3,(H,19,20,21). The third kappa shape index (κ3) is 3.17. The quantitative estimate of drug-likeness (QED) is 0.656. The van der Waals surface area contributed by atoms with E-state index < -0.39 is 9.84 Å².